The highest BCUT2D eigenvalue weighted by Crippen LogP contribution is 2.13. The molecule has 8 heteroatoms. The molecule has 1 aliphatic rings. The smallest absolute Gasteiger partial charge is 0.287 e. The highest BCUT2D eigenvalue weighted by atomic mass is 16.5. The Morgan fingerprint density at radius 1 is 1.52 bits per heavy atom. The molecule has 0 aliphatic carbocycles. The number of amides is 1. The molecule has 0 aromatic carbocycles. The summed E-state index contributed by atoms with van der Waals surface area (Å²) in [6.07, 6.45) is 11.3. The average molecular weight is 315 g/mol. The van der Waals surface area contributed by atoms with Crippen LogP contribution in [0.25, 0.3) is 0 Å². The zero-order chi connectivity index (χ0) is 16.5. The SMILES string of the molecule is C=C/C(=C\C=C\OC1CN(C(=O)Cn2cncn2)C1)CC[B]O. The Hall–Kier alpha value is -2.35. The van der Waals surface area contributed by atoms with Crippen LogP contribution in [0.4, 0.5) is 0 Å². The number of hydrogen-bond acceptors (Lipinski definition) is 5. The molecule has 1 aliphatic heterocycles. The maximum atomic E-state index is 11.9. The molecule has 1 aromatic heterocycles. The van der Waals surface area contributed by atoms with Gasteiger partial charge in [-0.25, -0.2) is 9.67 Å². The fourth-order valence-electron chi connectivity index (χ4n) is 2.08. The molecule has 1 amide bonds. The summed E-state index contributed by atoms with van der Waals surface area (Å²) in [5, 5.41) is 12.6. The molecule has 121 valence electrons. The molecule has 7 nitrogen and oxygen atoms in total. The van der Waals surface area contributed by atoms with Crippen LogP contribution in [-0.2, 0) is 16.1 Å². The highest BCUT2D eigenvalue weighted by Gasteiger charge is 2.31. The summed E-state index contributed by atoms with van der Waals surface area (Å²) in [4.78, 5) is 17.4. The van der Waals surface area contributed by atoms with E-state index in [1.54, 1.807) is 23.3 Å². The van der Waals surface area contributed by atoms with Gasteiger partial charge in [-0.1, -0.05) is 18.7 Å². The van der Waals surface area contributed by atoms with Gasteiger partial charge < -0.3 is 14.7 Å². The van der Waals surface area contributed by atoms with Gasteiger partial charge in [0, 0.05) is 0 Å². The first kappa shape index (κ1) is 17.0. The summed E-state index contributed by atoms with van der Waals surface area (Å²) in [7, 11) is 1.14. The van der Waals surface area contributed by atoms with Crippen molar-refractivity contribution in [3.8, 4) is 0 Å². The van der Waals surface area contributed by atoms with Gasteiger partial charge >= 0.3 is 0 Å². The molecule has 0 atom stereocenters. The summed E-state index contributed by atoms with van der Waals surface area (Å²) < 4.78 is 7.05. The number of nitrogens with zero attached hydrogens (tertiary/aromatic N) is 4. The van der Waals surface area contributed by atoms with Gasteiger partial charge in [0.25, 0.3) is 7.48 Å². The van der Waals surface area contributed by atoms with Crippen LogP contribution in [0.2, 0.25) is 6.32 Å². The van der Waals surface area contributed by atoms with Crippen molar-refractivity contribution < 1.29 is 14.6 Å². The van der Waals surface area contributed by atoms with Gasteiger partial charge in [-0.3, -0.25) is 4.79 Å². The Labute approximate surface area is 136 Å². The maximum Gasteiger partial charge on any atom is 0.287 e. The van der Waals surface area contributed by atoms with Gasteiger partial charge in [-0.05, 0) is 24.4 Å². The standard InChI is InChI=1S/C15H20BN4O3/c1-2-13(5-6-16-22)4-3-7-23-14-8-19(9-14)15(21)10-20-12-17-11-18-20/h2-4,7,11-12,14,22H,1,5-6,8-10H2/b7-3+,13-4+. The first-order valence-corrected chi connectivity index (χ1v) is 7.42. The van der Waals surface area contributed by atoms with E-state index in [0.29, 0.717) is 19.4 Å². The molecule has 2 heterocycles. The van der Waals surface area contributed by atoms with Crippen molar-refractivity contribution in [3.63, 3.8) is 0 Å². The largest absolute Gasteiger partial charge is 0.494 e. The molecule has 0 spiro atoms. The van der Waals surface area contributed by atoms with Crippen molar-refractivity contribution in [1.29, 1.82) is 0 Å². The summed E-state index contributed by atoms with van der Waals surface area (Å²) in [6.45, 7) is 5.08. The molecule has 1 N–H and O–H groups in total. The average Bonchev–Trinajstić information content (AvgIpc) is 3.00. The van der Waals surface area contributed by atoms with Gasteiger partial charge in [0.2, 0.25) is 5.91 Å². The number of ether oxygens (including phenoxy) is 1. The molecule has 23 heavy (non-hydrogen) atoms. The van der Waals surface area contributed by atoms with E-state index in [1.165, 1.54) is 17.3 Å². The summed E-state index contributed by atoms with van der Waals surface area (Å²) in [5.74, 6) is 0.00780. The van der Waals surface area contributed by atoms with Gasteiger partial charge in [-0.15, -0.1) is 0 Å². The van der Waals surface area contributed by atoms with Gasteiger partial charge in [0.1, 0.15) is 25.3 Å². The molecule has 1 aromatic rings. The number of likely N-dealkylation sites (tertiary alicyclic amines) is 1. The Morgan fingerprint density at radius 3 is 3.00 bits per heavy atom. The Kier molecular flexibility index (Phi) is 6.62. The van der Waals surface area contributed by atoms with Gasteiger partial charge in [0.15, 0.2) is 0 Å². The third-order valence-corrected chi connectivity index (χ3v) is 3.45. The lowest BCUT2D eigenvalue weighted by Gasteiger charge is -2.38. The normalized spacial score (nSPS) is 15.5. The van der Waals surface area contributed by atoms with Crippen LogP contribution in [0.3, 0.4) is 0 Å². The van der Waals surface area contributed by atoms with E-state index >= 15 is 0 Å². The van der Waals surface area contributed by atoms with Crippen molar-refractivity contribution in [2.45, 2.75) is 25.4 Å². The van der Waals surface area contributed by atoms with Gasteiger partial charge in [0.05, 0.1) is 19.4 Å². The molecular weight excluding hydrogens is 295 g/mol. The predicted octanol–water partition coefficient (Wildman–Crippen LogP) is 0.552. The van der Waals surface area contributed by atoms with Crippen LogP contribution in [-0.4, -0.2) is 57.3 Å². The van der Waals surface area contributed by atoms with Crippen LogP contribution < -0.4 is 0 Å². The molecule has 1 radical (unpaired) electrons. The van der Waals surface area contributed by atoms with E-state index in [9.17, 15) is 4.79 Å². The van der Waals surface area contributed by atoms with Crippen molar-refractivity contribution in [3.05, 3.63) is 49.3 Å². The maximum absolute atomic E-state index is 11.9. The van der Waals surface area contributed by atoms with Gasteiger partial charge in [-0.2, -0.15) is 5.10 Å². The minimum atomic E-state index is 0.00780. The van der Waals surface area contributed by atoms with Crippen LogP contribution in [0, 0.1) is 0 Å². The Bertz CT molecular complexity index is 565. The summed E-state index contributed by atoms with van der Waals surface area (Å²) in [6, 6.07) is 0. The van der Waals surface area contributed by atoms with E-state index in [-0.39, 0.29) is 18.6 Å². The van der Waals surface area contributed by atoms with E-state index in [2.05, 4.69) is 16.7 Å². The molecule has 2 rings (SSSR count). The first-order valence-electron chi connectivity index (χ1n) is 7.42. The zero-order valence-electron chi connectivity index (χ0n) is 12.9. The quantitative estimate of drug-likeness (QED) is 0.409. The van der Waals surface area contributed by atoms with Crippen LogP contribution in [0.15, 0.2) is 49.3 Å². The Balaban J connectivity index is 1.65. The molecular formula is C15H20BN4O3. The third kappa shape index (κ3) is 5.41. The lowest BCUT2D eigenvalue weighted by Crippen LogP contribution is -2.55. The van der Waals surface area contributed by atoms with E-state index in [1.807, 2.05) is 6.08 Å². The van der Waals surface area contributed by atoms with E-state index in [4.69, 9.17) is 9.76 Å². The monoisotopic (exact) mass is 315 g/mol. The topological polar surface area (TPSA) is 80.5 Å². The molecule has 1 fully saturated rings. The fraction of sp³-hybridized carbons (Fsp3) is 0.400. The number of allylic oxidation sites excluding steroid dienone is 4. The van der Waals surface area contributed by atoms with Crippen molar-refractivity contribution in [2.24, 2.45) is 0 Å². The van der Waals surface area contributed by atoms with Crippen LogP contribution in [0.1, 0.15) is 6.42 Å². The predicted molar refractivity (Wildman–Crippen MR) is 86.3 cm³/mol. The summed E-state index contributed by atoms with van der Waals surface area (Å²) in [5.41, 5.74) is 1.02. The molecule has 0 saturated carbocycles. The van der Waals surface area contributed by atoms with Crippen molar-refractivity contribution in [2.75, 3.05) is 13.1 Å². The highest BCUT2D eigenvalue weighted by molar-refractivity contribution is 6.25. The fourth-order valence-corrected chi connectivity index (χ4v) is 2.08. The summed E-state index contributed by atoms with van der Waals surface area (Å²) >= 11 is 0. The lowest BCUT2D eigenvalue weighted by molar-refractivity contribution is -0.142. The van der Waals surface area contributed by atoms with E-state index in [0.717, 1.165) is 19.5 Å². The second-order valence-electron chi connectivity index (χ2n) is 5.15. The second kappa shape index (κ2) is 8.94. The number of rotatable bonds is 9. The number of carbonyl (C=O) groups is 1. The first-order chi connectivity index (χ1) is 11.2. The number of aromatic nitrogens is 3. The Morgan fingerprint density at radius 2 is 2.35 bits per heavy atom. The molecule has 0 bridgehead atoms. The van der Waals surface area contributed by atoms with Crippen molar-refractivity contribution in [1.82, 2.24) is 19.7 Å². The second-order valence-corrected chi connectivity index (χ2v) is 5.15. The lowest BCUT2D eigenvalue weighted by atomic mass is 9.90. The molecule has 0 unspecified atom stereocenters. The number of carbonyl (C=O) groups excluding carboxylic acids is 1. The minimum absolute atomic E-state index is 0.00780. The number of hydrogen-bond donors (Lipinski definition) is 1. The van der Waals surface area contributed by atoms with E-state index < -0.39 is 0 Å². The van der Waals surface area contributed by atoms with Crippen LogP contribution in [0.5, 0.6) is 0 Å². The van der Waals surface area contributed by atoms with Crippen LogP contribution >= 0.6 is 0 Å². The molecule has 1 saturated heterocycles. The third-order valence-electron chi connectivity index (χ3n) is 3.45. The zero-order valence-corrected chi connectivity index (χ0v) is 12.9. The van der Waals surface area contributed by atoms with Crippen molar-refractivity contribution >= 4 is 13.4 Å². The minimum Gasteiger partial charge on any atom is -0.494 e.